The molecule has 0 N–H and O–H groups in total. The van der Waals surface area contributed by atoms with Crippen LogP contribution in [-0.2, 0) is 5.41 Å². The molecule has 0 bridgehead atoms. The fourth-order valence-corrected chi connectivity index (χ4v) is 18.1. The van der Waals surface area contributed by atoms with Crippen LogP contribution in [0, 0.1) is 90.0 Å². The van der Waals surface area contributed by atoms with Crippen LogP contribution in [-0.4, -0.2) is 0 Å². The van der Waals surface area contributed by atoms with Gasteiger partial charge in [0.05, 0.1) is 0 Å². The standard InChI is InChI=1S/2C25H24.C23H20.2C22H18/c1-15-11-21-19(5)22-12-16(2)18(4)14-24(22)25(23(21)13-17(15)3)20-9-7-6-8-10-20;1-17-20-12-8-9-13-22(20)24(18-10-6-5-7-11-18)23-16-19(25(2,3)4)14-15-21(17)23;1-15-10-12-20-21(13-15)17(3)19-11-9-16(2)14-22(19)23(20)18-7-5-4-6-8-18;1-15-12-13-19-16(2)18-10-6-7-11-20(18)22(21(19)14-15)17-8-4-3-5-9-17;1-15-12-13-20-21(14-15)16(2)18-10-6-7-11-19(18)22(20)17-8-4-3-5-9-17/h6-14H,1-5H3;5-16H,1-4H3;4-14H,1-3H3;2*3-14H,1-2H3. The highest BCUT2D eigenvalue weighted by Gasteiger charge is 2.22. The number of hydrogen-bond donors (Lipinski definition) is 0. The van der Waals surface area contributed by atoms with E-state index in [1.165, 1.54) is 241 Å². The van der Waals surface area contributed by atoms with Crippen LogP contribution >= 0.6 is 0 Å². The Morgan fingerprint density at radius 1 is 0.145 bits per heavy atom. The highest BCUT2D eigenvalue weighted by molar-refractivity contribution is 6.20. The fraction of sp³-hybridized carbons (Fsp3) is 0.145. The summed E-state index contributed by atoms with van der Waals surface area (Å²) < 4.78 is 0. The molecule has 0 heterocycles. The Morgan fingerprint density at radius 3 is 0.624 bits per heavy atom. The molecule has 0 saturated carbocycles. The average molecular weight is 1510 g/mol. The quantitative estimate of drug-likeness (QED) is 0.151. The fourth-order valence-electron chi connectivity index (χ4n) is 18.1. The lowest BCUT2D eigenvalue weighted by molar-refractivity contribution is 0.591. The van der Waals surface area contributed by atoms with E-state index in [2.05, 4.69) is 450 Å². The van der Waals surface area contributed by atoms with Crippen LogP contribution < -0.4 is 0 Å². The molecule has 0 aromatic heterocycles. The SMILES string of the molecule is Cc1c2ccccc2c(-c2ccccc2)c2cc(C(C)(C)C)ccc12.Cc1cc2c(C)c3cc(C)c(C)cc3c(-c3ccccc3)c2cc1C.Cc1ccc2c(-c3ccccc3)c3cc(C)ccc3c(C)c2c1.Cc1ccc2c(-c3ccccc3)c3ccccc3c(C)c2c1.Cc1ccc2c(C)c3ccccc3c(-c3ccccc3)c2c1. The zero-order chi connectivity index (χ0) is 81.5. The molecule has 0 spiro atoms. The van der Waals surface area contributed by atoms with Gasteiger partial charge in [-0.25, -0.2) is 0 Å². The van der Waals surface area contributed by atoms with Crippen LogP contribution in [0.3, 0.4) is 0 Å². The molecule has 20 aromatic carbocycles. The van der Waals surface area contributed by atoms with Gasteiger partial charge in [0.25, 0.3) is 0 Å². The molecule has 0 aliphatic rings. The van der Waals surface area contributed by atoms with Gasteiger partial charge in [-0.1, -0.05) is 377 Å². The predicted octanol–water partition coefficient (Wildman–Crippen LogP) is 33.6. The molecule has 0 atom stereocenters. The minimum atomic E-state index is 0.141. The summed E-state index contributed by atoms with van der Waals surface area (Å²) in [5.41, 5.74) is 32.2. The third-order valence-corrected chi connectivity index (χ3v) is 24.7. The summed E-state index contributed by atoms with van der Waals surface area (Å²) in [6.07, 6.45) is 0. The van der Waals surface area contributed by atoms with Gasteiger partial charge in [0.15, 0.2) is 0 Å². The summed E-state index contributed by atoms with van der Waals surface area (Å²) in [7, 11) is 0. The van der Waals surface area contributed by atoms with E-state index in [0.717, 1.165) is 0 Å². The molecule has 117 heavy (non-hydrogen) atoms. The molecule has 0 aliphatic heterocycles. The molecule has 0 heteroatoms. The first-order chi connectivity index (χ1) is 56.6. The van der Waals surface area contributed by atoms with Crippen LogP contribution in [0.1, 0.15) is 98.7 Å². The van der Waals surface area contributed by atoms with Gasteiger partial charge < -0.3 is 0 Å². The Hall–Kier alpha value is -13.0. The average Bonchev–Trinajstić information content (AvgIpc) is 0.767. The molecule has 0 aliphatic carbocycles. The zero-order valence-electron chi connectivity index (χ0n) is 70.8. The van der Waals surface area contributed by atoms with Gasteiger partial charge in [0.2, 0.25) is 0 Å². The highest BCUT2D eigenvalue weighted by atomic mass is 14.3. The molecule has 20 rings (SSSR count). The molecule has 0 radical (unpaired) electrons. The molecule has 0 saturated heterocycles. The van der Waals surface area contributed by atoms with Crippen LogP contribution in [0.5, 0.6) is 0 Å². The van der Waals surface area contributed by atoms with E-state index in [4.69, 9.17) is 0 Å². The van der Waals surface area contributed by atoms with Gasteiger partial charge in [-0.05, 0) is 320 Å². The second-order valence-electron chi connectivity index (χ2n) is 33.6. The first kappa shape index (κ1) is 77.9. The molecule has 0 amide bonds. The van der Waals surface area contributed by atoms with Crippen molar-refractivity contribution in [2.75, 3.05) is 0 Å². The van der Waals surface area contributed by atoms with Gasteiger partial charge >= 0.3 is 0 Å². The lowest BCUT2D eigenvalue weighted by Gasteiger charge is -2.22. The first-order valence-electron chi connectivity index (χ1n) is 41.5. The third kappa shape index (κ3) is 15.2. The van der Waals surface area contributed by atoms with E-state index in [0.29, 0.717) is 0 Å². The van der Waals surface area contributed by atoms with Crippen molar-refractivity contribution in [2.24, 2.45) is 0 Å². The van der Waals surface area contributed by atoms with E-state index in [9.17, 15) is 0 Å². The Kier molecular flexibility index (Phi) is 21.8. The first-order valence-corrected chi connectivity index (χ1v) is 41.5. The normalized spacial score (nSPS) is 11.4. The number of rotatable bonds is 5. The summed E-state index contributed by atoms with van der Waals surface area (Å²) in [4.78, 5) is 0. The third-order valence-electron chi connectivity index (χ3n) is 24.7. The lowest BCUT2D eigenvalue weighted by atomic mass is 9.82. The van der Waals surface area contributed by atoms with Gasteiger partial charge in [0.1, 0.15) is 0 Å². The Labute approximate surface area is 692 Å². The number of aryl methyl sites for hydroxylation is 13. The van der Waals surface area contributed by atoms with E-state index in [1.54, 1.807) is 0 Å². The predicted molar refractivity (Wildman–Crippen MR) is 515 cm³/mol. The van der Waals surface area contributed by atoms with Crippen molar-refractivity contribution in [1.29, 1.82) is 0 Å². The van der Waals surface area contributed by atoms with Crippen molar-refractivity contribution in [3.05, 3.63) is 418 Å². The van der Waals surface area contributed by atoms with Gasteiger partial charge in [-0.2, -0.15) is 0 Å². The second kappa shape index (κ2) is 32.7. The monoisotopic (exact) mass is 1510 g/mol. The van der Waals surface area contributed by atoms with Crippen LogP contribution in [0.2, 0.25) is 0 Å². The van der Waals surface area contributed by atoms with Crippen molar-refractivity contribution in [2.45, 2.75) is 116 Å². The topological polar surface area (TPSA) is 0 Å². The van der Waals surface area contributed by atoms with Crippen molar-refractivity contribution >= 4 is 108 Å². The van der Waals surface area contributed by atoms with Gasteiger partial charge in [0, 0.05) is 0 Å². The molecule has 572 valence electrons. The van der Waals surface area contributed by atoms with Crippen LogP contribution in [0.25, 0.3) is 163 Å². The van der Waals surface area contributed by atoms with E-state index in [-0.39, 0.29) is 5.41 Å². The Bertz CT molecular complexity index is 7110. The second-order valence-corrected chi connectivity index (χ2v) is 33.6. The number of hydrogen-bond acceptors (Lipinski definition) is 0. The summed E-state index contributed by atoms with van der Waals surface area (Å²) >= 11 is 0. The van der Waals surface area contributed by atoms with Crippen LogP contribution in [0.15, 0.2) is 340 Å². The molecule has 0 fully saturated rings. The maximum Gasteiger partial charge on any atom is -0.00264 e. The summed E-state index contributed by atoms with van der Waals surface area (Å²) in [5, 5.41) is 27.0. The molecular weight excluding hydrogens is 1410 g/mol. The smallest absolute Gasteiger partial charge is 0.00264 e. The lowest BCUT2D eigenvalue weighted by Crippen LogP contribution is -2.10. The van der Waals surface area contributed by atoms with Crippen molar-refractivity contribution < 1.29 is 0 Å². The summed E-state index contributed by atoms with van der Waals surface area (Å²) in [6, 6.07) is 124. The zero-order valence-corrected chi connectivity index (χ0v) is 70.8. The van der Waals surface area contributed by atoms with Crippen molar-refractivity contribution in [1.82, 2.24) is 0 Å². The molecular formula is C117H104. The molecule has 0 nitrogen and oxygen atoms in total. The Balaban J connectivity index is 0.000000110. The van der Waals surface area contributed by atoms with Gasteiger partial charge in [-0.3, -0.25) is 0 Å². The molecule has 20 aromatic rings. The summed E-state index contributed by atoms with van der Waals surface area (Å²) in [6.45, 7) is 35.6. The maximum atomic E-state index is 2.40. The number of fused-ring (bicyclic) bond motifs is 10. The number of benzene rings is 20. The summed E-state index contributed by atoms with van der Waals surface area (Å²) in [5.74, 6) is 0. The van der Waals surface area contributed by atoms with Crippen molar-refractivity contribution in [3.63, 3.8) is 0 Å². The molecule has 0 unspecified atom stereocenters. The largest absolute Gasteiger partial charge is 0.0622 e. The minimum Gasteiger partial charge on any atom is -0.0622 e. The maximum absolute atomic E-state index is 2.40. The van der Waals surface area contributed by atoms with E-state index in [1.807, 2.05) is 0 Å². The minimum absolute atomic E-state index is 0.141. The highest BCUT2D eigenvalue weighted by Crippen LogP contribution is 2.47. The van der Waals surface area contributed by atoms with Crippen LogP contribution in [0.4, 0.5) is 0 Å². The Morgan fingerprint density at radius 2 is 0.325 bits per heavy atom. The van der Waals surface area contributed by atoms with Gasteiger partial charge in [-0.15, -0.1) is 0 Å². The van der Waals surface area contributed by atoms with E-state index < -0.39 is 0 Å². The van der Waals surface area contributed by atoms with Crippen molar-refractivity contribution in [3.8, 4) is 55.6 Å². The van der Waals surface area contributed by atoms with E-state index >= 15 is 0 Å².